The van der Waals surface area contributed by atoms with Crippen LogP contribution in [0, 0.1) is 10.1 Å². The largest absolute Gasteiger partial charge is 0.497 e. The average Bonchev–Trinajstić information content (AvgIpc) is 3.32. The van der Waals surface area contributed by atoms with E-state index in [1.165, 1.54) is 36.3 Å². The third-order valence-corrected chi connectivity index (χ3v) is 6.07. The first-order valence-electron chi connectivity index (χ1n) is 12.2. The Balaban J connectivity index is 1.49. The molecule has 4 aromatic carbocycles. The molecule has 0 aromatic heterocycles. The Morgan fingerprint density at radius 2 is 1.60 bits per heavy atom. The van der Waals surface area contributed by atoms with Gasteiger partial charge in [0.25, 0.3) is 11.6 Å². The number of nitro groups is 1. The molecule has 0 aliphatic carbocycles. The molecule has 1 aliphatic heterocycles. The zero-order valence-electron chi connectivity index (χ0n) is 21.6. The molecule has 0 spiro atoms. The second kappa shape index (κ2) is 11.4. The number of azo groups is 1. The van der Waals surface area contributed by atoms with Crippen molar-refractivity contribution in [2.45, 2.75) is 0 Å². The highest BCUT2D eigenvalue weighted by molar-refractivity contribution is 6.33. The quantitative estimate of drug-likeness (QED) is 0.106. The molecular weight excluding hydrogens is 510 g/mol. The van der Waals surface area contributed by atoms with Crippen molar-refractivity contribution < 1.29 is 19.2 Å². The maximum Gasteiger partial charge on any atom is 0.282 e. The number of amidine groups is 1. The van der Waals surface area contributed by atoms with E-state index in [-0.39, 0.29) is 17.3 Å². The van der Waals surface area contributed by atoms with Gasteiger partial charge in [-0.25, -0.2) is 4.99 Å². The summed E-state index contributed by atoms with van der Waals surface area (Å²) in [6.07, 6.45) is 1.73. The molecule has 1 aliphatic rings. The van der Waals surface area contributed by atoms with E-state index < -0.39 is 4.92 Å². The van der Waals surface area contributed by atoms with Gasteiger partial charge < -0.3 is 9.47 Å². The average molecular weight is 534 g/mol. The number of ether oxygens (including phenoxy) is 2. The summed E-state index contributed by atoms with van der Waals surface area (Å²) >= 11 is 0. The fraction of sp³-hybridized carbons (Fsp3) is 0.0667. The van der Waals surface area contributed by atoms with Gasteiger partial charge in [0, 0.05) is 23.8 Å². The van der Waals surface area contributed by atoms with Crippen molar-refractivity contribution in [1.29, 1.82) is 0 Å². The van der Waals surface area contributed by atoms with Crippen LogP contribution in [0.15, 0.2) is 118 Å². The lowest BCUT2D eigenvalue weighted by Crippen LogP contribution is -2.32. The van der Waals surface area contributed by atoms with Crippen molar-refractivity contribution in [1.82, 2.24) is 0 Å². The van der Waals surface area contributed by atoms with E-state index in [9.17, 15) is 14.9 Å². The van der Waals surface area contributed by atoms with Crippen LogP contribution in [0.2, 0.25) is 0 Å². The lowest BCUT2D eigenvalue weighted by Gasteiger charge is -2.19. The van der Waals surface area contributed by atoms with Crippen LogP contribution in [0.25, 0.3) is 6.08 Å². The SMILES string of the molecule is COc1ccc(/C=C2/N=C(c3ccccc3)N(c3ccc(N=Nc4ccc([N+](=O)[O-])cc4)c(OC)c3)C2=O)cc1. The highest BCUT2D eigenvalue weighted by Crippen LogP contribution is 2.36. The van der Waals surface area contributed by atoms with Crippen molar-refractivity contribution in [2.75, 3.05) is 19.1 Å². The molecule has 0 unspecified atom stereocenters. The van der Waals surface area contributed by atoms with Crippen LogP contribution in [0.1, 0.15) is 11.1 Å². The third-order valence-electron chi connectivity index (χ3n) is 6.07. The summed E-state index contributed by atoms with van der Waals surface area (Å²) in [6.45, 7) is 0. The van der Waals surface area contributed by atoms with Crippen LogP contribution in [0.5, 0.6) is 11.5 Å². The van der Waals surface area contributed by atoms with Crippen molar-refractivity contribution in [3.8, 4) is 11.5 Å². The predicted octanol–water partition coefficient (Wildman–Crippen LogP) is 6.86. The molecule has 0 N–H and O–H groups in total. The number of methoxy groups -OCH3 is 2. The lowest BCUT2D eigenvalue weighted by atomic mass is 10.1. The first kappa shape index (κ1) is 26.0. The normalized spacial score (nSPS) is 14.1. The summed E-state index contributed by atoms with van der Waals surface area (Å²) in [7, 11) is 3.09. The van der Waals surface area contributed by atoms with Crippen molar-refractivity contribution in [3.63, 3.8) is 0 Å². The Hall–Kier alpha value is -5.64. The molecule has 0 saturated carbocycles. The van der Waals surface area contributed by atoms with Gasteiger partial charge in [-0.2, -0.15) is 5.11 Å². The third kappa shape index (κ3) is 5.46. The molecule has 0 bridgehead atoms. The van der Waals surface area contributed by atoms with Crippen molar-refractivity contribution >= 4 is 40.6 Å². The summed E-state index contributed by atoms with van der Waals surface area (Å²) < 4.78 is 10.8. The summed E-state index contributed by atoms with van der Waals surface area (Å²) in [5, 5.41) is 19.3. The van der Waals surface area contributed by atoms with Gasteiger partial charge in [0.05, 0.1) is 30.5 Å². The number of benzene rings is 4. The fourth-order valence-corrected chi connectivity index (χ4v) is 4.04. The molecule has 5 rings (SSSR count). The Bertz CT molecular complexity index is 1650. The second-order valence-corrected chi connectivity index (χ2v) is 8.57. The van der Waals surface area contributed by atoms with Gasteiger partial charge in [-0.3, -0.25) is 19.8 Å². The number of hydrogen-bond donors (Lipinski definition) is 0. The van der Waals surface area contributed by atoms with E-state index in [1.807, 2.05) is 54.6 Å². The first-order valence-corrected chi connectivity index (χ1v) is 12.2. The number of nitrogens with zero attached hydrogens (tertiary/aromatic N) is 5. The van der Waals surface area contributed by atoms with Crippen LogP contribution in [0.4, 0.5) is 22.7 Å². The Labute approximate surface area is 229 Å². The minimum absolute atomic E-state index is 0.0348. The number of nitro benzene ring substituents is 1. The standard InChI is InChI=1S/C30H23N5O5/c1-39-25-15-8-20(9-16-25)18-27-30(36)34(29(31-27)21-6-4-3-5-7-21)24-14-17-26(28(19-24)40-2)33-32-22-10-12-23(13-11-22)35(37)38/h3-19H,1-2H3/b27-18+,33-32?. The zero-order chi connectivity index (χ0) is 28.1. The molecule has 0 fully saturated rings. The number of carbonyl (C=O) groups excluding carboxylic acids is 1. The Morgan fingerprint density at radius 1 is 0.875 bits per heavy atom. The van der Waals surface area contributed by atoms with Crippen LogP contribution < -0.4 is 14.4 Å². The number of non-ortho nitro benzene ring substituents is 1. The topological polar surface area (TPSA) is 119 Å². The molecule has 10 heteroatoms. The van der Waals surface area contributed by atoms with Crippen molar-refractivity contribution in [3.05, 3.63) is 124 Å². The van der Waals surface area contributed by atoms with Gasteiger partial charge in [-0.1, -0.05) is 42.5 Å². The van der Waals surface area contributed by atoms with Gasteiger partial charge in [0.2, 0.25) is 0 Å². The van der Waals surface area contributed by atoms with Crippen LogP contribution in [-0.4, -0.2) is 30.9 Å². The molecule has 0 saturated heterocycles. The van der Waals surface area contributed by atoms with Gasteiger partial charge in [0.1, 0.15) is 28.7 Å². The zero-order valence-corrected chi connectivity index (χ0v) is 21.6. The second-order valence-electron chi connectivity index (χ2n) is 8.57. The summed E-state index contributed by atoms with van der Waals surface area (Å²) in [4.78, 5) is 30.3. The van der Waals surface area contributed by atoms with Gasteiger partial charge in [0.15, 0.2) is 0 Å². The summed E-state index contributed by atoms with van der Waals surface area (Å²) in [6, 6.07) is 27.6. The van der Waals surface area contributed by atoms with Gasteiger partial charge in [-0.05, 0) is 48.0 Å². The molecule has 40 heavy (non-hydrogen) atoms. The number of rotatable bonds is 8. The van der Waals surface area contributed by atoms with Gasteiger partial charge >= 0.3 is 0 Å². The van der Waals surface area contributed by atoms with Crippen LogP contribution in [-0.2, 0) is 4.79 Å². The monoisotopic (exact) mass is 533 g/mol. The number of anilines is 1. The van der Waals surface area contributed by atoms with E-state index in [0.29, 0.717) is 34.4 Å². The highest BCUT2D eigenvalue weighted by atomic mass is 16.6. The molecule has 0 radical (unpaired) electrons. The fourth-order valence-electron chi connectivity index (χ4n) is 4.04. The van der Waals surface area contributed by atoms with Gasteiger partial charge in [-0.15, -0.1) is 5.11 Å². The smallest absolute Gasteiger partial charge is 0.282 e. The first-order chi connectivity index (χ1) is 19.5. The molecule has 1 amide bonds. The Morgan fingerprint density at radius 3 is 2.25 bits per heavy atom. The number of amides is 1. The summed E-state index contributed by atoms with van der Waals surface area (Å²) in [5.41, 5.74) is 3.23. The van der Waals surface area contributed by atoms with E-state index in [1.54, 1.807) is 31.4 Å². The molecule has 1 heterocycles. The maximum atomic E-state index is 13.7. The lowest BCUT2D eigenvalue weighted by molar-refractivity contribution is -0.384. The van der Waals surface area contributed by atoms with Crippen LogP contribution in [0.3, 0.4) is 0 Å². The van der Waals surface area contributed by atoms with E-state index in [2.05, 4.69) is 10.2 Å². The van der Waals surface area contributed by atoms with E-state index in [0.717, 1.165) is 11.1 Å². The Kier molecular flexibility index (Phi) is 7.41. The molecule has 198 valence electrons. The molecule has 10 nitrogen and oxygen atoms in total. The van der Waals surface area contributed by atoms with E-state index >= 15 is 0 Å². The predicted molar refractivity (Wildman–Crippen MR) is 152 cm³/mol. The maximum absolute atomic E-state index is 13.7. The highest BCUT2D eigenvalue weighted by Gasteiger charge is 2.33. The molecule has 4 aromatic rings. The molecule has 0 atom stereocenters. The number of aliphatic imine (C=N–C) groups is 1. The summed E-state index contributed by atoms with van der Waals surface area (Å²) in [5.74, 6) is 1.29. The minimum atomic E-state index is -0.479. The minimum Gasteiger partial charge on any atom is -0.497 e. The molecular formula is C30H23N5O5. The van der Waals surface area contributed by atoms with Crippen LogP contribution >= 0.6 is 0 Å². The number of hydrogen-bond acceptors (Lipinski definition) is 8. The van der Waals surface area contributed by atoms with Crippen molar-refractivity contribution in [2.24, 2.45) is 15.2 Å². The van der Waals surface area contributed by atoms with E-state index in [4.69, 9.17) is 14.5 Å². The number of carbonyl (C=O) groups is 1.